The van der Waals surface area contributed by atoms with Gasteiger partial charge in [0.05, 0.1) is 0 Å². The number of nitrogens with zero attached hydrogens (tertiary/aromatic N) is 2. The molecule has 0 radical (unpaired) electrons. The topological polar surface area (TPSA) is 43.6 Å². The number of halogens is 2. The van der Waals surface area contributed by atoms with Gasteiger partial charge in [0.2, 0.25) is 0 Å². The Hall–Kier alpha value is -2.02. The van der Waals surface area contributed by atoms with E-state index in [2.05, 4.69) is 4.99 Å². The van der Waals surface area contributed by atoms with Crippen molar-refractivity contribution in [2.75, 3.05) is 6.61 Å². The van der Waals surface area contributed by atoms with Crippen LogP contribution in [-0.2, 0) is 11.8 Å². The summed E-state index contributed by atoms with van der Waals surface area (Å²) in [5.74, 6) is -2.27. The minimum Gasteiger partial charge on any atom is -0.481 e. The first kappa shape index (κ1) is 13.4. The number of aromatic nitrogens is 1. The molecular formula is C12H10F2N2O2S. The summed E-state index contributed by atoms with van der Waals surface area (Å²) >= 11 is 1.30. The Morgan fingerprint density at radius 1 is 1.47 bits per heavy atom. The zero-order chi connectivity index (χ0) is 13.8. The lowest BCUT2D eigenvalue weighted by atomic mass is 10.3. The summed E-state index contributed by atoms with van der Waals surface area (Å²) in [6, 6.07) is 2.87. The first-order chi connectivity index (χ1) is 9.06. The van der Waals surface area contributed by atoms with Gasteiger partial charge >= 0.3 is 0 Å². The van der Waals surface area contributed by atoms with Crippen LogP contribution in [0.5, 0.6) is 5.75 Å². The van der Waals surface area contributed by atoms with Gasteiger partial charge in [-0.25, -0.2) is 8.78 Å². The number of ether oxygens (including phenoxy) is 1. The number of benzene rings is 1. The van der Waals surface area contributed by atoms with Crippen LogP contribution < -0.4 is 9.54 Å². The van der Waals surface area contributed by atoms with E-state index in [1.807, 2.05) is 0 Å². The summed E-state index contributed by atoms with van der Waals surface area (Å²) in [5.41, 5.74) is 0. The summed E-state index contributed by atoms with van der Waals surface area (Å²) in [6.45, 7) is -0.402. The maximum absolute atomic E-state index is 13.2. The van der Waals surface area contributed by atoms with Crippen molar-refractivity contribution in [3.05, 3.63) is 46.2 Å². The van der Waals surface area contributed by atoms with Gasteiger partial charge in [-0.2, -0.15) is 4.99 Å². The van der Waals surface area contributed by atoms with Crippen LogP contribution in [0.1, 0.15) is 0 Å². The lowest BCUT2D eigenvalue weighted by Crippen LogP contribution is -2.17. The number of carbonyl (C=O) groups excluding carboxylic acids is 1. The van der Waals surface area contributed by atoms with Gasteiger partial charge in [-0.1, -0.05) is 0 Å². The lowest BCUT2D eigenvalue weighted by molar-refractivity contribution is -0.120. The second-order valence-electron chi connectivity index (χ2n) is 3.67. The first-order valence-corrected chi connectivity index (χ1v) is 6.20. The van der Waals surface area contributed by atoms with Crippen molar-refractivity contribution in [1.82, 2.24) is 4.57 Å². The molecule has 0 aliphatic carbocycles. The Balaban J connectivity index is 2.03. The van der Waals surface area contributed by atoms with Crippen LogP contribution >= 0.6 is 11.3 Å². The molecule has 1 heterocycles. The largest absolute Gasteiger partial charge is 0.481 e. The third-order valence-corrected chi connectivity index (χ3v) is 3.07. The molecule has 19 heavy (non-hydrogen) atoms. The molecule has 0 bridgehead atoms. The number of amides is 1. The maximum atomic E-state index is 13.2. The van der Waals surface area contributed by atoms with Gasteiger partial charge in [-0.05, 0) is 12.1 Å². The van der Waals surface area contributed by atoms with Crippen molar-refractivity contribution < 1.29 is 18.3 Å². The molecule has 0 N–H and O–H groups in total. The van der Waals surface area contributed by atoms with Gasteiger partial charge in [-0.15, -0.1) is 11.3 Å². The van der Waals surface area contributed by atoms with Gasteiger partial charge in [0.15, 0.2) is 23.0 Å². The van der Waals surface area contributed by atoms with Crippen LogP contribution in [-0.4, -0.2) is 17.1 Å². The lowest BCUT2D eigenvalue weighted by Gasteiger charge is -2.04. The Morgan fingerprint density at radius 2 is 2.26 bits per heavy atom. The number of hydrogen-bond acceptors (Lipinski definition) is 3. The number of thiazole rings is 1. The normalized spacial score (nSPS) is 11.6. The molecule has 0 saturated heterocycles. The molecule has 0 aliphatic rings. The third kappa shape index (κ3) is 3.47. The molecule has 1 aromatic heterocycles. The quantitative estimate of drug-likeness (QED) is 0.863. The van der Waals surface area contributed by atoms with E-state index in [1.165, 1.54) is 11.3 Å². The molecule has 7 heteroatoms. The maximum Gasteiger partial charge on any atom is 0.286 e. The fourth-order valence-corrected chi connectivity index (χ4v) is 2.05. The van der Waals surface area contributed by atoms with E-state index in [0.29, 0.717) is 10.9 Å². The Kier molecular flexibility index (Phi) is 4.06. The van der Waals surface area contributed by atoms with Gasteiger partial charge in [-0.3, -0.25) is 4.79 Å². The number of aryl methyl sites for hydroxylation is 1. The van der Waals surface area contributed by atoms with Crippen molar-refractivity contribution in [1.29, 1.82) is 0 Å². The molecule has 4 nitrogen and oxygen atoms in total. The van der Waals surface area contributed by atoms with E-state index >= 15 is 0 Å². The van der Waals surface area contributed by atoms with Crippen molar-refractivity contribution in [2.45, 2.75) is 0 Å². The Labute approximate surface area is 111 Å². The van der Waals surface area contributed by atoms with Crippen molar-refractivity contribution in [2.24, 2.45) is 12.0 Å². The van der Waals surface area contributed by atoms with Crippen LogP contribution in [0.15, 0.2) is 34.8 Å². The minimum atomic E-state index is -0.852. The van der Waals surface area contributed by atoms with Gasteiger partial charge in [0, 0.05) is 24.7 Å². The van der Waals surface area contributed by atoms with Crippen LogP contribution in [0.2, 0.25) is 0 Å². The van der Waals surface area contributed by atoms with E-state index in [4.69, 9.17) is 4.74 Å². The first-order valence-electron chi connectivity index (χ1n) is 5.32. The summed E-state index contributed by atoms with van der Waals surface area (Å²) in [4.78, 5) is 15.8. The molecule has 100 valence electrons. The van der Waals surface area contributed by atoms with Gasteiger partial charge in [0.25, 0.3) is 5.91 Å². The second kappa shape index (κ2) is 5.75. The summed E-state index contributed by atoms with van der Waals surface area (Å²) in [6.07, 6.45) is 1.76. The highest BCUT2D eigenvalue weighted by atomic mass is 32.1. The smallest absolute Gasteiger partial charge is 0.286 e. The fourth-order valence-electron chi connectivity index (χ4n) is 1.31. The Bertz CT molecular complexity index is 664. The number of hydrogen-bond donors (Lipinski definition) is 0. The molecule has 1 amide bonds. The van der Waals surface area contributed by atoms with E-state index in [0.717, 1.165) is 12.1 Å². The van der Waals surface area contributed by atoms with E-state index in [-0.39, 0.29) is 5.75 Å². The zero-order valence-corrected chi connectivity index (χ0v) is 10.8. The molecule has 0 unspecified atom stereocenters. The minimum absolute atomic E-state index is 0.180. The van der Waals surface area contributed by atoms with Crippen LogP contribution in [0, 0.1) is 11.6 Å². The van der Waals surface area contributed by atoms with E-state index < -0.39 is 24.1 Å². The SMILES string of the molecule is Cn1ccsc1=NC(=O)COc1ccc(F)cc1F. The molecule has 2 rings (SSSR count). The van der Waals surface area contributed by atoms with Crippen molar-refractivity contribution in [3.8, 4) is 5.75 Å². The molecule has 0 aliphatic heterocycles. The average molecular weight is 284 g/mol. The Morgan fingerprint density at radius 3 is 2.89 bits per heavy atom. The summed E-state index contributed by atoms with van der Waals surface area (Å²) in [7, 11) is 1.75. The van der Waals surface area contributed by atoms with E-state index in [9.17, 15) is 13.6 Å². The van der Waals surface area contributed by atoms with E-state index in [1.54, 1.807) is 23.2 Å². The number of rotatable bonds is 3. The van der Waals surface area contributed by atoms with Gasteiger partial charge < -0.3 is 9.30 Å². The third-order valence-electron chi connectivity index (χ3n) is 2.23. The molecule has 0 atom stereocenters. The van der Waals surface area contributed by atoms with Gasteiger partial charge in [0.1, 0.15) is 5.82 Å². The van der Waals surface area contributed by atoms with Crippen molar-refractivity contribution >= 4 is 17.2 Å². The molecule has 2 aromatic rings. The number of carbonyl (C=O) groups is 1. The monoisotopic (exact) mass is 284 g/mol. The molecule has 0 fully saturated rings. The fraction of sp³-hybridized carbons (Fsp3) is 0.167. The molecule has 1 aromatic carbocycles. The molecule has 0 saturated carbocycles. The molecular weight excluding hydrogens is 274 g/mol. The highest BCUT2D eigenvalue weighted by Gasteiger charge is 2.07. The standard InChI is InChI=1S/C12H10F2N2O2S/c1-16-4-5-19-12(16)15-11(17)7-18-10-3-2-8(13)6-9(10)14/h2-6H,7H2,1H3. The zero-order valence-electron chi connectivity index (χ0n) is 9.97. The average Bonchev–Trinajstić information content (AvgIpc) is 2.74. The summed E-state index contributed by atoms with van der Waals surface area (Å²) in [5, 5.41) is 1.78. The predicted molar refractivity (Wildman–Crippen MR) is 65.7 cm³/mol. The van der Waals surface area contributed by atoms with Crippen molar-refractivity contribution in [3.63, 3.8) is 0 Å². The van der Waals surface area contributed by atoms with Crippen LogP contribution in [0.3, 0.4) is 0 Å². The van der Waals surface area contributed by atoms with Crippen LogP contribution in [0.4, 0.5) is 8.78 Å². The van der Waals surface area contributed by atoms with Crippen LogP contribution in [0.25, 0.3) is 0 Å². The summed E-state index contributed by atoms with van der Waals surface area (Å²) < 4.78 is 32.5. The molecule has 0 spiro atoms. The predicted octanol–water partition coefficient (Wildman–Crippen LogP) is 1.87. The highest BCUT2D eigenvalue weighted by Crippen LogP contribution is 2.17. The highest BCUT2D eigenvalue weighted by molar-refractivity contribution is 7.07. The second-order valence-corrected chi connectivity index (χ2v) is 4.54.